The summed E-state index contributed by atoms with van der Waals surface area (Å²) in [4.78, 5) is 2.64. The fourth-order valence-electron chi connectivity index (χ4n) is 1.80. The van der Waals surface area contributed by atoms with Gasteiger partial charge in [0.15, 0.2) is 0 Å². The lowest BCUT2D eigenvalue weighted by Crippen LogP contribution is -2.50. The molecule has 12 heavy (non-hydrogen) atoms. The lowest BCUT2D eigenvalue weighted by molar-refractivity contribution is 0.112. The fraction of sp³-hybridized carbons (Fsp3) is 1.00. The highest BCUT2D eigenvalue weighted by atomic mass is 79.9. The Labute approximate surface area is 95.6 Å². The van der Waals surface area contributed by atoms with Crippen LogP contribution in [-0.2, 0) is 0 Å². The van der Waals surface area contributed by atoms with Crippen LogP contribution in [0, 0.1) is 0 Å². The van der Waals surface area contributed by atoms with Gasteiger partial charge >= 0.3 is 0 Å². The summed E-state index contributed by atoms with van der Waals surface area (Å²) in [6, 6.07) is 0.960. The zero-order chi connectivity index (χ0) is 6.81. The van der Waals surface area contributed by atoms with Gasteiger partial charge in [0.25, 0.3) is 0 Å². The molecule has 0 aromatic rings. The Balaban J connectivity index is 0.000000605. The van der Waals surface area contributed by atoms with Crippen LogP contribution in [0.3, 0.4) is 0 Å². The second-order valence-electron chi connectivity index (χ2n) is 3.37. The lowest BCUT2D eigenvalue weighted by Gasteiger charge is -2.39. The Morgan fingerprint density at radius 3 is 2.00 bits per heavy atom. The minimum Gasteiger partial charge on any atom is -0.314 e. The van der Waals surface area contributed by atoms with E-state index < -0.39 is 0 Å². The number of piperazine rings is 1. The third-order valence-electron chi connectivity index (χ3n) is 2.74. The predicted octanol–water partition coefficient (Wildman–Crippen LogP) is 1.60. The zero-order valence-electron chi connectivity index (χ0n) is 7.29. The number of nitrogens with one attached hydrogen (secondary N) is 1. The number of rotatable bonds is 1. The van der Waals surface area contributed by atoms with Crippen molar-refractivity contribution in [1.82, 2.24) is 10.2 Å². The molecule has 1 aliphatic heterocycles. The van der Waals surface area contributed by atoms with Gasteiger partial charge in [-0.05, 0) is 12.8 Å². The van der Waals surface area contributed by atoms with Gasteiger partial charge in [-0.2, -0.15) is 0 Å². The van der Waals surface area contributed by atoms with E-state index in [-0.39, 0.29) is 34.0 Å². The topological polar surface area (TPSA) is 15.3 Å². The number of nitrogens with zero attached hydrogens (tertiary/aromatic N) is 1. The van der Waals surface area contributed by atoms with Gasteiger partial charge in [0, 0.05) is 32.2 Å². The molecule has 0 unspecified atom stereocenters. The van der Waals surface area contributed by atoms with Gasteiger partial charge in [-0.3, -0.25) is 4.90 Å². The van der Waals surface area contributed by atoms with Crippen LogP contribution >= 0.6 is 34.0 Å². The Morgan fingerprint density at radius 1 is 1.00 bits per heavy atom. The molecule has 1 saturated heterocycles. The molecule has 4 heteroatoms. The van der Waals surface area contributed by atoms with Gasteiger partial charge in [0.1, 0.15) is 0 Å². The first-order chi connectivity index (χ1) is 4.97. The highest BCUT2D eigenvalue weighted by molar-refractivity contribution is 8.93. The van der Waals surface area contributed by atoms with E-state index in [1.807, 2.05) is 0 Å². The molecule has 1 N–H and O–H groups in total. The molecule has 1 aliphatic carbocycles. The van der Waals surface area contributed by atoms with E-state index in [4.69, 9.17) is 0 Å². The Kier molecular flexibility index (Phi) is 6.82. The maximum Gasteiger partial charge on any atom is 0.0110 e. The summed E-state index contributed by atoms with van der Waals surface area (Å²) in [6.45, 7) is 4.97. The van der Waals surface area contributed by atoms with E-state index in [1.54, 1.807) is 0 Å². The zero-order valence-corrected chi connectivity index (χ0v) is 10.7. The first-order valence-corrected chi connectivity index (χ1v) is 4.41. The highest BCUT2D eigenvalue weighted by Gasteiger charge is 2.25. The van der Waals surface area contributed by atoms with Crippen molar-refractivity contribution in [1.29, 1.82) is 0 Å². The summed E-state index contributed by atoms with van der Waals surface area (Å²) in [5, 5.41) is 3.38. The molecule has 0 amide bonds. The average molecular weight is 302 g/mol. The van der Waals surface area contributed by atoms with Gasteiger partial charge < -0.3 is 5.32 Å². The van der Waals surface area contributed by atoms with Gasteiger partial charge in [-0.25, -0.2) is 0 Å². The maximum atomic E-state index is 3.38. The third-order valence-corrected chi connectivity index (χ3v) is 2.74. The van der Waals surface area contributed by atoms with E-state index in [0.717, 1.165) is 6.04 Å². The fourth-order valence-corrected chi connectivity index (χ4v) is 1.80. The van der Waals surface area contributed by atoms with Crippen molar-refractivity contribution in [2.75, 3.05) is 26.2 Å². The van der Waals surface area contributed by atoms with Crippen LogP contribution in [0.25, 0.3) is 0 Å². The Morgan fingerprint density at radius 2 is 1.58 bits per heavy atom. The second-order valence-corrected chi connectivity index (χ2v) is 3.37. The Hall–Kier alpha value is 0.880. The van der Waals surface area contributed by atoms with Crippen molar-refractivity contribution in [3.8, 4) is 0 Å². The minimum atomic E-state index is 0. The first kappa shape index (κ1) is 12.9. The molecule has 74 valence electrons. The molecule has 0 aromatic heterocycles. The van der Waals surface area contributed by atoms with Crippen LogP contribution in [0.5, 0.6) is 0 Å². The molecule has 0 atom stereocenters. The largest absolute Gasteiger partial charge is 0.314 e. The van der Waals surface area contributed by atoms with E-state index in [2.05, 4.69) is 10.2 Å². The molecule has 2 rings (SSSR count). The van der Waals surface area contributed by atoms with E-state index >= 15 is 0 Å². The summed E-state index contributed by atoms with van der Waals surface area (Å²) >= 11 is 0. The van der Waals surface area contributed by atoms with Crippen LogP contribution in [0.1, 0.15) is 19.3 Å². The van der Waals surface area contributed by atoms with Crippen molar-refractivity contribution in [2.24, 2.45) is 0 Å². The summed E-state index contributed by atoms with van der Waals surface area (Å²) in [7, 11) is 0. The van der Waals surface area contributed by atoms with Crippen molar-refractivity contribution < 1.29 is 0 Å². The average Bonchev–Trinajstić information content (AvgIpc) is 1.86. The number of hydrogen-bond acceptors (Lipinski definition) is 2. The summed E-state index contributed by atoms with van der Waals surface area (Å²) < 4.78 is 0. The molecule has 2 fully saturated rings. The van der Waals surface area contributed by atoms with Crippen molar-refractivity contribution in [3.63, 3.8) is 0 Å². The summed E-state index contributed by atoms with van der Waals surface area (Å²) in [6.07, 6.45) is 4.38. The molecule has 1 saturated carbocycles. The van der Waals surface area contributed by atoms with E-state index in [0.29, 0.717) is 0 Å². The van der Waals surface area contributed by atoms with Crippen LogP contribution < -0.4 is 5.32 Å². The molecule has 2 nitrogen and oxygen atoms in total. The minimum absolute atomic E-state index is 0. The normalized spacial score (nSPS) is 25.0. The van der Waals surface area contributed by atoms with E-state index in [1.165, 1.54) is 45.4 Å². The van der Waals surface area contributed by atoms with Crippen LogP contribution in [-0.4, -0.2) is 37.1 Å². The van der Waals surface area contributed by atoms with Crippen molar-refractivity contribution >= 4 is 34.0 Å². The molecule has 0 aromatic carbocycles. The molecule has 0 radical (unpaired) electrons. The molecular formula is C8H18Br2N2. The maximum absolute atomic E-state index is 3.38. The molecule has 0 bridgehead atoms. The summed E-state index contributed by atoms with van der Waals surface area (Å²) in [5.41, 5.74) is 0. The second kappa shape index (κ2) is 6.35. The molecule has 2 aliphatic rings. The number of halogens is 2. The lowest BCUT2D eigenvalue weighted by atomic mass is 9.91. The van der Waals surface area contributed by atoms with Gasteiger partial charge in [-0.15, -0.1) is 34.0 Å². The molecule has 0 spiro atoms. The summed E-state index contributed by atoms with van der Waals surface area (Å²) in [5.74, 6) is 0. The van der Waals surface area contributed by atoms with Crippen LogP contribution in [0.2, 0.25) is 0 Å². The van der Waals surface area contributed by atoms with Gasteiger partial charge in [0.2, 0.25) is 0 Å². The predicted molar refractivity (Wildman–Crippen MR) is 62.7 cm³/mol. The smallest absolute Gasteiger partial charge is 0.0110 e. The van der Waals surface area contributed by atoms with Crippen molar-refractivity contribution in [3.05, 3.63) is 0 Å². The first-order valence-electron chi connectivity index (χ1n) is 4.41. The van der Waals surface area contributed by atoms with Gasteiger partial charge in [0.05, 0.1) is 0 Å². The molecular weight excluding hydrogens is 284 g/mol. The quantitative estimate of drug-likeness (QED) is 0.791. The van der Waals surface area contributed by atoms with Crippen molar-refractivity contribution in [2.45, 2.75) is 25.3 Å². The van der Waals surface area contributed by atoms with Crippen LogP contribution in [0.15, 0.2) is 0 Å². The third kappa shape index (κ3) is 2.98. The standard InChI is InChI=1S/C8H16N2.2BrH/c1-2-8(3-1)10-6-4-9-5-7-10;;/h8-9H,1-7H2;2*1H. The SMILES string of the molecule is Br.Br.C1CC(N2CCNCC2)C1. The Bertz CT molecular complexity index is 112. The van der Waals surface area contributed by atoms with Gasteiger partial charge in [-0.1, -0.05) is 6.42 Å². The number of hydrogen-bond donors (Lipinski definition) is 1. The molecule has 1 heterocycles. The monoisotopic (exact) mass is 300 g/mol. The highest BCUT2D eigenvalue weighted by Crippen LogP contribution is 2.24. The van der Waals surface area contributed by atoms with E-state index in [9.17, 15) is 0 Å². The van der Waals surface area contributed by atoms with Crippen LogP contribution in [0.4, 0.5) is 0 Å².